The molecule has 31 heavy (non-hydrogen) atoms. The van der Waals surface area contributed by atoms with Gasteiger partial charge >= 0.3 is 0 Å². The number of nitrogens with one attached hydrogen (secondary N) is 1. The van der Waals surface area contributed by atoms with Gasteiger partial charge in [-0.2, -0.15) is 0 Å². The van der Waals surface area contributed by atoms with Crippen molar-refractivity contribution in [3.05, 3.63) is 84.5 Å². The van der Waals surface area contributed by atoms with E-state index >= 15 is 0 Å². The van der Waals surface area contributed by atoms with E-state index in [1.54, 1.807) is 12.3 Å². The van der Waals surface area contributed by atoms with E-state index in [9.17, 15) is 4.79 Å². The van der Waals surface area contributed by atoms with Gasteiger partial charge < -0.3 is 15.0 Å². The van der Waals surface area contributed by atoms with E-state index in [0.29, 0.717) is 18.1 Å². The van der Waals surface area contributed by atoms with Crippen molar-refractivity contribution in [1.29, 1.82) is 0 Å². The van der Waals surface area contributed by atoms with Gasteiger partial charge in [-0.15, -0.1) is 0 Å². The third-order valence-electron chi connectivity index (χ3n) is 5.02. The molecule has 1 amide bonds. The lowest BCUT2D eigenvalue weighted by Gasteiger charge is -2.17. The average molecular weight is 409 g/mol. The van der Waals surface area contributed by atoms with Gasteiger partial charge in [0.1, 0.15) is 24.2 Å². The van der Waals surface area contributed by atoms with Crippen LogP contribution in [0.4, 0.5) is 11.5 Å². The number of nitrogens with zero attached hydrogens (tertiary/aromatic N) is 4. The van der Waals surface area contributed by atoms with Gasteiger partial charge in [0.05, 0.1) is 17.8 Å². The summed E-state index contributed by atoms with van der Waals surface area (Å²) in [6.07, 6.45) is 12.3. The first-order valence-corrected chi connectivity index (χ1v) is 9.89. The maximum absolute atomic E-state index is 12.3. The van der Waals surface area contributed by atoms with Crippen LogP contribution in [0.15, 0.2) is 84.0 Å². The van der Waals surface area contributed by atoms with Gasteiger partial charge in [0, 0.05) is 23.8 Å². The topological polar surface area (TPSA) is 79.7 Å². The molecule has 7 nitrogen and oxygen atoms in total. The molecule has 3 aromatic rings. The first-order chi connectivity index (χ1) is 15.3. The van der Waals surface area contributed by atoms with E-state index in [-0.39, 0.29) is 12.5 Å². The highest BCUT2D eigenvalue weighted by atomic mass is 16.5. The highest BCUT2D eigenvalue weighted by Crippen LogP contribution is 2.29. The van der Waals surface area contributed by atoms with Crippen LogP contribution in [0.3, 0.4) is 0 Å². The summed E-state index contributed by atoms with van der Waals surface area (Å²) in [6.45, 7) is 0.819. The number of carbonyl (C=O) groups excluding carboxylic acids is 1. The summed E-state index contributed by atoms with van der Waals surface area (Å²) >= 11 is 0. The highest BCUT2D eigenvalue weighted by molar-refractivity contribution is 5.94. The van der Waals surface area contributed by atoms with E-state index in [0.717, 1.165) is 27.9 Å². The summed E-state index contributed by atoms with van der Waals surface area (Å²) < 4.78 is 5.91. The van der Waals surface area contributed by atoms with Crippen LogP contribution in [-0.2, 0) is 4.79 Å². The van der Waals surface area contributed by atoms with E-state index in [4.69, 9.17) is 4.74 Å². The fraction of sp³-hybridized carbons (Fsp3) is 0.0833. The molecule has 0 aliphatic carbocycles. The largest absolute Gasteiger partial charge is 0.463 e. The van der Waals surface area contributed by atoms with Crippen molar-refractivity contribution >= 4 is 40.6 Å². The second-order valence-electron chi connectivity index (χ2n) is 7.09. The Morgan fingerprint density at radius 1 is 1.06 bits per heavy atom. The number of aliphatic imine (C=N–C) groups is 1. The Kier molecular flexibility index (Phi) is 4.98. The third kappa shape index (κ3) is 4.06. The van der Waals surface area contributed by atoms with Crippen LogP contribution in [0.1, 0.15) is 5.56 Å². The second-order valence-corrected chi connectivity index (χ2v) is 7.09. The van der Waals surface area contributed by atoms with Crippen molar-refractivity contribution in [1.82, 2.24) is 14.9 Å². The molecule has 2 aromatic carbocycles. The lowest BCUT2D eigenvalue weighted by atomic mass is 10.1. The van der Waals surface area contributed by atoms with Crippen molar-refractivity contribution < 1.29 is 9.53 Å². The minimum Gasteiger partial charge on any atom is -0.463 e. The van der Waals surface area contributed by atoms with Crippen LogP contribution < -0.4 is 10.1 Å². The van der Waals surface area contributed by atoms with Crippen LogP contribution >= 0.6 is 0 Å². The number of aromatic nitrogens is 2. The lowest BCUT2D eigenvalue weighted by molar-refractivity contribution is -0.118. The molecule has 1 N–H and O–H groups in total. The number of hydrogen-bond acceptors (Lipinski definition) is 6. The zero-order chi connectivity index (χ0) is 21.0. The Morgan fingerprint density at radius 3 is 2.97 bits per heavy atom. The summed E-state index contributed by atoms with van der Waals surface area (Å²) in [5.41, 5.74) is 3.45. The summed E-state index contributed by atoms with van der Waals surface area (Å²) in [5.74, 6) is 1.11. The smallest absolute Gasteiger partial charge is 0.265 e. The molecule has 0 spiro atoms. The van der Waals surface area contributed by atoms with E-state index in [1.807, 2.05) is 65.6 Å². The summed E-state index contributed by atoms with van der Waals surface area (Å²) in [6, 6.07) is 13.5. The summed E-state index contributed by atoms with van der Waals surface area (Å²) in [5, 5.41) is 4.24. The van der Waals surface area contributed by atoms with Crippen molar-refractivity contribution in [2.45, 2.75) is 0 Å². The number of para-hydroxylation sites is 1. The van der Waals surface area contributed by atoms with Gasteiger partial charge in [0.25, 0.3) is 5.91 Å². The maximum Gasteiger partial charge on any atom is 0.265 e. The van der Waals surface area contributed by atoms with Crippen LogP contribution in [0.2, 0.25) is 0 Å². The first kappa shape index (κ1) is 18.7. The quantitative estimate of drug-likeness (QED) is 0.602. The molecule has 7 heteroatoms. The third-order valence-corrected chi connectivity index (χ3v) is 5.02. The molecule has 0 radical (unpaired) electrons. The van der Waals surface area contributed by atoms with Crippen molar-refractivity contribution in [3.8, 4) is 5.75 Å². The Labute approximate surface area is 179 Å². The van der Waals surface area contributed by atoms with Crippen molar-refractivity contribution in [2.24, 2.45) is 4.99 Å². The monoisotopic (exact) mass is 409 g/mol. The number of ether oxygens (including phenoxy) is 1. The predicted molar refractivity (Wildman–Crippen MR) is 121 cm³/mol. The number of rotatable bonds is 0. The molecule has 0 saturated heterocycles. The van der Waals surface area contributed by atoms with Crippen LogP contribution in [0, 0.1) is 0 Å². The fourth-order valence-corrected chi connectivity index (χ4v) is 3.48. The van der Waals surface area contributed by atoms with E-state index in [1.165, 1.54) is 12.5 Å². The summed E-state index contributed by atoms with van der Waals surface area (Å²) in [7, 11) is 0. The van der Waals surface area contributed by atoms with Gasteiger partial charge in [0.15, 0.2) is 0 Å². The molecule has 0 saturated carbocycles. The Bertz CT molecular complexity index is 1280. The number of allylic oxidation sites excluding steroid dienone is 2. The minimum atomic E-state index is -0.223. The lowest BCUT2D eigenvalue weighted by Crippen LogP contribution is -2.25. The van der Waals surface area contributed by atoms with Gasteiger partial charge in [0.2, 0.25) is 0 Å². The SMILES string of the molecule is O=C1CN2CC=C/C2=C\Oc2ccc3ncnc(c3c2)Nc2ccccc2/C=C/C=N/1. The number of hydrogen-bond donors (Lipinski definition) is 1. The molecule has 152 valence electrons. The molecular formula is C24H19N5O2. The standard InChI is InChI=1S/C24H19N5O2/c30-23-14-29-12-4-7-18(29)15-31-19-9-10-22-20(13-19)24(27-16-26-22)28-21-8-2-1-5-17(21)6-3-11-25-23/h1-11,13,15-16H,12,14H2,(H,26,27,28)/b6-3+,18-15+,25-11+. The van der Waals surface area contributed by atoms with Crippen LogP contribution in [-0.4, -0.2) is 40.1 Å². The van der Waals surface area contributed by atoms with Gasteiger partial charge in [-0.25, -0.2) is 15.0 Å². The average Bonchev–Trinajstić information content (AvgIpc) is 3.23. The normalized spacial score (nSPS) is 19.5. The molecule has 0 fully saturated rings. The van der Waals surface area contributed by atoms with Crippen molar-refractivity contribution in [3.63, 3.8) is 0 Å². The highest BCUT2D eigenvalue weighted by Gasteiger charge is 2.15. The predicted octanol–water partition coefficient (Wildman–Crippen LogP) is 4.09. The molecule has 2 aliphatic rings. The van der Waals surface area contributed by atoms with Crippen LogP contribution in [0.5, 0.6) is 5.75 Å². The number of benzene rings is 2. The molecule has 0 atom stereocenters. The molecular weight excluding hydrogens is 390 g/mol. The first-order valence-electron chi connectivity index (χ1n) is 9.89. The number of amides is 1. The number of fused-ring (bicyclic) bond motifs is 3. The molecule has 3 heterocycles. The fourth-order valence-electron chi connectivity index (χ4n) is 3.48. The molecule has 1 aromatic heterocycles. The second kappa shape index (κ2) is 8.23. The molecule has 0 unspecified atom stereocenters. The Morgan fingerprint density at radius 2 is 2.00 bits per heavy atom. The van der Waals surface area contributed by atoms with E-state index in [2.05, 4.69) is 20.3 Å². The number of anilines is 2. The zero-order valence-corrected chi connectivity index (χ0v) is 16.6. The van der Waals surface area contributed by atoms with Crippen molar-refractivity contribution in [2.75, 3.05) is 18.4 Å². The number of carbonyl (C=O) groups is 1. The van der Waals surface area contributed by atoms with Crippen LogP contribution in [0.25, 0.3) is 17.0 Å². The Balaban J connectivity index is 1.61. The van der Waals surface area contributed by atoms with E-state index < -0.39 is 0 Å². The van der Waals surface area contributed by atoms with Gasteiger partial charge in [-0.1, -0.05) is 30.4 Å². The van der Waals surface area contributed by atoms with Gasteiger partial charge in [-0.05, 0) is 42.0 Å². The molecule has 2 aliphatic heterocycles. The molecule has 5 rings (SSSR count). The Hall–Kier alpha value is -4.26. The zero-order valence-electron chi connectivity index (χ0n) is 16.6. The molecule has 2 bridgehead atoms. The maximum atomic E-state index is 12.3. The minimum absolute atomic E-state index is 0.181. The van der Waals surface area contributed by atoms with Gasteiger partial charge in [-0.3, -0.25) is 4.79 Å². The summed E-state index contributed by atoms with van der Waals surface area (Å²) in [4.78, 5) is 27.0.